The molecule has 0 aliphatic heterocycles. The second-order valence-corrected chi connectivity index (χ2v) is 4.83. The van der Waals surface area contributed by atoms with E-state index in [9.17, 15) is 14.4 Å². The van der Waals surface area contributed by atoms with Crippen LogP contribution in [0.2, 0.25) is 0 Å². The number of H-pyrrole nitrogens is 1. The zero-order valence-corrected chi connectivity index (χ0v) is 13.0. The molecule has 0 aromatic carbocycles. The Morgan fingerprint density at radius 2 is 2.22 bits per heavy atom. The van der Waals surface area contributed by atoms with Crippen molar-refractivity contribution in [2.45, 2.75) is 25.5 Å². The number of Topliss-reactive ketones (excluding diaryl/α,β-unsaturated/α-hetero) is 1. The molecule has 9 nitrogen and oxygen atoms in total. The Kier molecular flexibility index (Phi) is 8.73. The number of aromatic nitrogens is 2. The molecule has 0 spiro atoms. The monoisotopic (exact) mass is 326 g/mol. The number of nitrogens with two attached hydrogens (primary N) is 1. The van der Waals surface area contributed by atoms with Gasteiger partial charge in [-0.2, -0.15) is 0 Å². The van der Waals surface area contributed by atoms with Crippen LogP contribution in [-0.2, 0) is 30.3 Å². The normalized spacial score (nSPS) is 13.3. The number of hydrogen-bond acceptors (Lipinski definition) is 7. The molecular formula is C14H22N4O5. The Hall–Kier alpha value is -2.10. The van der Waals surface area contributed by atoms with Crippen LogP contribution in [0.3, 0.4) is 0 Å². The average molecular weight is 326 g/mol. The standard InChI is InChI=1S/C14H22N4O5/c1-10(20)13(8-19)23-5-4-22-3-2-17-14(21)12(15)6-11-7-16-9-18-11/h7-9,12-13H,2-6,15H2,1H3,(H,16,18)(H,17,21)/t12-,13?/m0/s1. The van der Waals surface area contributed by atoms with Gasteiger partial charge in [0, 0.05) is 24.9 Å². The summed E-state index contributed by atoms with van der Waals surface area (Å²) < 4.78 is 10.2. The summed E-state index contributed by atoms with van der Waals surface area (Å²) in [5, 5.41) is 2.65. The number of ketones is 1. The van der Waals surface area contributed by atoms with E-state index in [2.05, 4.69) is 15.3 Å². The summed E-state index contributed by atoms with van der Waals surface area (Å²) in [4.78, 5) is 39.9. The lowest BCUT2D eigenvalue weighted by atomic mass is 10.1. The molecule has 0 bridgehead atoms. The van der Waals surface area contributed by atoms with E-state index >= 15 is 0 Å². The van der Waals surface area contributed by atoms with Crippen LogP contribution in [0.5, 0.6) is 0 Å². The van der Waals surface area contributed by atoms with Crippen LogP contribution in [-0.4, -0.2) is 66.5 Å². The molecular weight excluding hydrogens is 304 g/mol. The van der Waals surface area contributed by atoms with E-state index in [1.165, 1.54) is 13.3 Å². The lowest BCUT2D eigenvalue weighted by molar-refractivity contribution is -0.136. The first-order chi connectivity index (χ1) is 11.0. The van der Waals surface area contributed by atoms with Gasteiger partial charge in [0.1, 0.15) is 0 Å². The molecule has 0 radical (unpaired) electrons. The van der Waals surface area contributed by atoms with Crippen molar-refractivity contribution in [2.24, 2.45) is 5.73 Å². The lowest BCUT2D eigenvalue weighted by Crippen LogP contribution is -2.43. The van der Waals surface area contributed by atoms with Gasteiger partial charge in [0.15, 0.2) is 18.2 Å². The summed E-state index contributed by atoms with van der Waals surface area (Å²) >= 11 is 0. The van der Waals surface area contributed by atoms with Crippen molar-refractivity contribution in [3.05, 3.63) is 18.2 Å². The second-order valence-electron chi connectivity index (χ2n) is 4.83. The Labute approximate surface area is 133 Å². The minimum Gasteiger partial charge on any atom is -0.377 e. The highest BCUT2D eigenvalue weighted by atomic mass is 16.5. The largest absolute Gasteiger partial charge is 0.377 e. The van der Waals surface area contributed by atoms with Crippen molar-refractivity contribution < 1.29 is 23.9 Å². The molecule has 1 heterocycles. The predicted molar refractivity (Wildman–Crippen MR) is 80.6 cm³/mol. The highest BCUT2D eigenvalue weighted by Gasteiger charge is 2.14. The van der Waals surface area contributed by atoms with Crippen LogP contribution in [0.1, 0.15) is 12.6 Å². The number of amides is 1. The van der Waals surface area contributed by atoms with Gasteiger partial charge >= 0.3 is 0 Å². The fourth-order valence-electron chi connectivity index (χ4n) is 1.69. The zero-order chi connectivity index (χ0) is 17.1. The van der Waals surface area contributed by atoms with Crippen molar-refractivity contribution in [2.75, 3.05) is 26.4 Å². The quantitative estimate of drug-likeness (QED) is 0.244. The molecule has 1 aromatic rings. The molecule has 1 aromatic heterocycles. The van der Waals surface area contributed by atoms with E-state index in [1.807, 2.05) is 0 Å². The summed E-state index contributed by atoms with van der Waals surface area (Å²) in [6.45, 7) is 2.20. The maximum absolute atomic E-state index is 11.7. The predicted octanol–water partition coefficient (Wildman–Crippen LogP) is -1.41. The summed E-state index contributed by atoms with van der Waals surface area (Å²) in [6.07, 6.45) is 2.92. The van der Waals surface area contributed by atoms with Crippen LogP contribution in [0.4, 0.5) is 0 Å². The third kappa shape index (κ3) is 7.63. The molecule has 0 saturated carbocycles. The van der Waals surface area contributed by atoms with Crippen molar-refractivity contribution >= 4 is 18.0 Å². The molecule has 128 valence electrons. The fraction of sp³-hybridized carbons (Fsp3) is 0.571. The van der Waals surface area contributed by atoms with Gasteiger partial charge in [-0.15, -0.1) is 0 Å². The van der Waals surface area contributed by atoms with E-state index in [0.717, 1.165) is 5.69 Å². The van der Waals surface area contributed by atoms with Crippen molar-refractivity contribution in [3.8, 4) is 0 Å². The van der Waals surface area contributed by atoms with Crippen molar-refractivity contribution in [1.82, 2.24) is 15.3 Å². The van der Waals surface area contributed by atoms with Gasteiger partial charge in [0.05, 0.1) is 32.2 Å². The molecule has 1 amide bonds. The summed E-state index contributed by atoms with van der Waals surface area (Å²) in [6, 6.07) is -0.664. The maximum Gasteiger partial charge on any atom is 0.237 e. The first-order valence-electron chi connectivity index (χ1n) is 7.20. The average Bonchev–Trinajstić information content (AvgIpc) is 3.02. The first kappa shape index (κ1) is 18.9. The molecule has 23 heavy (non-hydrogen) atoms. The van der Waals surface area contributed by atoms with Gasteiger partial charge in [-0.3, -0.25) is 14.4 Å². The third-order valence-electron chi connectivity index (χ3n) is 2.93. The molecule has 0 aliphatic carbocycles. The molecule has 9 heteroatoms. The molecule has 0 saturated heterocycles. The number of imidazole rings is 1. The van der Waals surface area contributed by atoms with E-state index < -0.39 is 12.1 Å². The number of hydrogen-bond donors (Lipinski definition) is 3. The number of aromatic amines is 1. The Morgan fingerprint density at radius 1 is 1.43 bits per heavy atom. The molecule has 1 unspecified atom stereocenters. The van der Waals surface area contributed by atoms with Crippen LogP contribution < -0.4 is 11.1 Å². The van der Waals surface area contributed by atoms with E-state index in [-0.39, 0.29) is 31.5 Å². The molecule has 0 aliphatic rings. The molecule has 0 fully saturated rings. The van der Waals surface area contributed by atoms with Gasteiger partial charge in [0.2, 0.25) is 5.91 Å². The minimum atomic E-state index is -1.04. The van der Waals surface area contributed by atoms with Gasteiger partial charge in [-0.05, 0) is 6.92 Å². The lowest BCUT2D eigenvalue weighted by Gasteiger charge is -2.12. The van der Waals surface area contributed by atoms with Crippen LogP contribution >= 0.6 is 0 Å². The number of nitrogens with zero attached hydrogens (tertiary/aromatic N) is 1. The van der Waals surface area contributed by atoms with Gasteiger partial charge in [-0.1, -0.05) is 0 Å². The maximum atomic E-state index is 11.7. The molecule has 4 N–H and O–H groups in total. The summed E-state index contributed by atoms with van der Waals surface area (Å²) in [7, 11) is 0. The minimum absolute atomic E-state index is 0.121. The summed E-state index contributed by atoms with van der Waals surface area (Å²) in [5.74, 6) is -0.629. The first-order valence-corrected chi connectivity index (χ1v) is 7.20. The van der Waals surface area contributed by atoms with Gasteiger partial charge in [0.25, 0.3) is 0 Å². The Morgan fingerprint density at radius 3 is 2.83 bits per heavy atom. The fourth-order valence-corrected chi connectivity index (χ4v) is 1.69. The third-order valence-corrected chi connectivity index (χ3v) is 2.93. The zero-order valence-electron chi connectivity index (χ0n) is 13.0. The number of nitrogens with one attached hydrogen (secondary N) is 2. The number of carbonyl (C=O) groups excluding carboxylic acids is 3. The number of ether oxygens (including phenoxy) is 2. The highest BCUT2D eigenvalue weighted by molar-refractivity contribution is 5.94. The smallest absolute Gasteiger partial charge is 0.237 e. The van der Waals surface area contributed by atoms with Crippen LogP contribution in [0.15, 0.2) is 12.5 Å². The molecule has 2 atom stereocenters. The highest BCUT2D eigenvalue weighted by Crippen LogP contribution is 1.96. The topological polar surface area (TPSA) is 136 Å². The Balaban J connectivity index is 2.04. The number of rotatable bonds is 12. The van der Waals surface area contributed by atoms with E-state index in [1.54, 1.807) is 6.20 Å². The second kappa shape index (κ2) is 10.6. The summed E-state index contributed by atoms with van der Waals surface area (Å²) in [5.41, 5.74) is 6.55. The SMILES string of the molecule is CC(=O)C(C=O)OCCOCCNC(=O)[C@@H](N)Cc1cnc[nH]1. The van der Waals surface area contributed by atoms with Crippen molar-refractivity contribution in [3.63, 3.8) is 0 Å². The number of aldehydes is 1. The van der Waals surface area contributed by atoms with Gasteiger partial charge in [-0.25, -0.2) is 4.98 Å². The Bertz CT molecular complexity index is 491. The van der Waals surface area contributed by atoms with E-state index in [4.69, 9.17) is 15.2 Å². The van der Waals surface area contributed by atoms with Crippen molar-refractivity contribution in [1.29, 1.82) is 0 Å². The van der Waals surface area contributed by atoms with Crippen LogP contribution in [0, 0.1) is 0 Å². The van der Waals surface area contributed by atoms with Gasteiger partial charge < -0.3 is 25.5 Å². The van der Waals surface area contributed by atoms with E-state index in [0.29, 0.717) is 19.3 Å². The molecule has 1 rings (SSSR count). The number of carbonyl (C=O) groups is 3. The van der Waals surface area contributed by atoms with Crippen LogP contribution in [0.25, 0.3) is 0 Å².